The van der Waals surface area contributed by atoms with E-state index in [-0.39, 0.29) is 24.0 Å². The maximum absolute atomic E-state index is 13.3. The van der Waals surface area contributed by atoms with Crippen LogP contribution < -0.4 is 14.8 Å². The Morgan fingerprint density at radius 3 is 2.52 bits per heavy atom. The molecule has 1 fully saturated rings. The molecule has 4 rings (SSSR count). The number of hydrogen-bond donors (Lipinski definition) is 1. The Kier molecular flexibility index (Phi) is 7.02. The molecule has 0 radical (unpaired) electrons. The van der Waals surface area contributed by atoms with Crippen LogP contribution in [0.2, 0.25) is 0 Å². The zero-order valence-corrected chi connectivity index (χ0v) is 18.8. The van der Waals surface area contributed by atoms with Crippen molar-refractivity contribution in [2.24, 2.45) is 0 Å². The number of Topliss-reactive ketones (excluding diaryl/α,β-unsaturated/α-hetero) is 1. The van der Waals surface area contributed by atoms with Crippen molar-refractivity contribution >= 4 is 11.7 Å². The van der Waals surface area contributed by atoms with Crippen LogP contribution in [0.1, 0.15) is 53.9 Å². The molecule has 0 aliphatic heterocycles. The predicted octanol–water partition coefficient (Wildman–Crippen LogP) is 4.26. The van der Waals surface area contributed by atoms with Crippen molar-refractivity contribution in [3.05, 3.63) is 59.5 Å². The van der Waals surface area contributed by atoms with Crippen molar-refractivity contribution in [1.29, 1.82) is 0 Å². The number of benzene rings is 2. The van der Waals surface area contributed by atoms with Crippen molar-refractivity contribution in [2.75, 3.05) is 7.11 Å². The molecule has 0 spiro atoms. The fraction of sp³-hybridized carbons (Fsp3) is 0.360. The summed E-state index contributed by atoms with van der Waals surface area (Å²) in [6.07, 6.45) is 5.01. The van der Waals surface area contributed by atoms with Gasteiger partial charge in [-0.25, -0.2) is 0 Å². The van der Waals surface area contributed by atoms with Crippen LogP contribution in [0.3, 0.4) is 0 Å². The molecule has 1 saturated carbocycles. The highest BCUT2D eigenvalue weighted by atomic mass is 16.5. The highest BCUT2D eigenvalue weighted by Gasteiger charge is 2.27. The second-order valence-electron chi connectivity index (χ2n) is 8.10. The van der Waals surface area contributed by atoms with Gasteiger partial charge < -0.3 is 19.3 Å². The molecule has 0 bridgehead atoms. The largest absolute Gasteiger partial charge is 0.493 e. The molecular formula is C25H27N3O5. The number of ketones is 1. The number of nitrogens with one attached hydrogen (secondary N) is 1. The van der Waals surface area contributed by atoms with E-state index < -0.39 is 11.7 Å². The van der Waals surface area contributed by atoms with Crippen LogP contribution in [0.25, 0.3) is 11.4 Å². The summed E-state index contributed by atoms with van der Waals surface area (Å²) in [7, 11) is 1.51. The number of amides is 1. The summed E-state index contributed by atoms with van der Waals surface area (Å²) in [4.78, 5) is 30.3. The summed E-state index contributed by atoms with van der Waals surface area (Å²) < 4.78 is 16.6. The van der Waals surface area contributed by atoms with Crippen LogP contribution in [0.5, 0.6) is 11.5 Å². The van der Waals surface area contributed by atoms with Gasteiger partial charge in [-0.05, 0) is 30.5 Å². The minimum Gasteiger partial charge on any atom is -0.493 e. The number of aromatic nitrogens is 2. The lowest BCUT2D eigenvalue weighted by atomic mass is 9.95. The predicted molar refractivity (Wildman–Crippen MR) is 121 cm³/mol. The Morgan fingerprint density at radius 1 is 1.09 bits per heavy atom. The van der Waals surface area contributed by atoms with E-state index >= 15 is 0 Å². The molecule has 1 amide bonds. The maximum atomic E-state index is 13.3. The van der Waals surface area contributed by atoms with E-state index in [0.717, 1.165) is 37.7 Å². The molecule has 8 heteroatoms. The van der Waals surface area contributed by atoms with Gasteiger partial charge in [-0.2, -0.15) is 4.98 Å². The fourth-order valence-electron chi connectivity index (χ4n) is 3.97. The SMILES string of the molecule is COc1cc(-c2noc(C)n2)c(C(=O)C(=O)NC2CCCCC2)cc1OCc1ccccc1. The lowest BCUT2D eigenvalue weighted by molar-refractivity contribution is -0.117. The van der Waals surface area contributed by atoms with E-state index in [9.17, 15) is 9.59 Å². The number of ether oxygens (including phenoxy) is 2. The number of nitrogens with zero attached hydrogens (tertiary/aromatic N) is 2. The molecule has 1 aromatic heterocycles. The van der Waals surface area contributed by atoms with Gasteiger partial charge in [0, 0.05) is 24.1 Å². The second-order valence-corrected chi connectivity index (χ2v) is 8.10. The normalized spacial score (nSPS) is 14.0. The van der Waals surface area contributed by atoms with E-state index in [1.54, 1.807) is 13.0 Å². The first-order valence-corrected chi connectivity index (χ1v) is 11.1. The van der Waals surface area contributed by atoms with Gasteiger partial charge in [0.05, 0.1) is 7.11 Å². The lowest BCUT2D eigenvalue weighted by Crippen LogP contribution is -2.40. The quantitative estimate of drug-likeness (QED) is 0.405. The molecule has 0 unspecified atom stereocenters. The Balaban J connectivity index is 1.66. The average molecular weight is 450 g/mol. The van der Waals surface area contributed by atoms with Crippen LogP contribution in [0.15, 0.2) is 47.0 Å². The van der Waals surface area contributed by atoms with Crippen molar-refractivity contribution in [1.82, 2.24) is 15.5 Å². The van der Waals surface area contributed by atoms with Crippen LogP contribution in [0, 0.1) is 6.92 Å². The Morgan fingerprint density at radius 2 is 1.85 bits per heavy atom. The lowest BCUT2D eigenvalue weighted by Gasteiger charge is -2.22. The molecule has 33 heavy (non-hydrogen) atoms. The number of hydrogen-bond acceptors (Lipinski definition) is 7. The third kappa shape index (κ3) is 5.39. The van der Waals surface area contributed by atoms with E-state index in [2.05, 4.69) is 15.5 Å². The molecule has 1 aliphatic carbocycles. The maximum Gasteiger partial charge on any atom is 0.292 e. The molecule has 1 aliphatic rings. The molecule has 1 N–H and O–H groups in total. The van der Waals surface area contributed by atoms with Crippen LogP contribution in [-0.2, 0) is 11.4 Å². The van der Waals surface area contributed by atoms with E-state index in [4.69, 9.17) is 14.0 Å². The smallest absolute Gasteiger partial charge is 0.292 e. The minimum atomic E-state index is -0.676. The zero-order valence-electron chi connectivity index (χ0n) is 18.8. The van der Waals surface area contributed by atoms with Gasteiger partial charge in [-0.3, -0.25) is 9.59 Å². The third-order valence-electron chi connectivity index (χ3n) is 5.70. The Labute approximate surface area is 192 Å². The molecule has 0 saturated heterocycles. The van der Waals surface area contributed by atoms with Gasteiger partial charge in [0.25, 0.3) is 11.7 Å². The van der Waals surface area contributed by atoms with Gasteiger partial charge in [0.2, 0.25) is 11.7 Å². The topological polar surface area (TPSA) is 104 Å². The van der Waals surface area contributed by atoms with Gasteiger partial charge in [-0.15, -0.1) is 0 Å². The van der Waals surface area contributed by atoms with Gasteiger partial charge >= 0.3 is 0 Å². The first-order valence-electron chi connectivity index (χ1n) is 11.1. The summed E-state index contributed by atoms with van der Waals surface area (Å²) >= 11 is 0. The van der Waals surface area contributed by atoms with Crippen LogP contribution in [0.4, 0.5) is 0 Å². The first kappa shape index (κ1) is 22.5. The van der Waals surface area contributed by atoms with Crippen molar-refractivity contribution in [3.63, 3.8) is 0 Å². The minimum absolute atomic E-state index is 0.0121. The van der Waals surface area contributed by atoms with Gasteiger partial charge in [0.1, 0.15) is 6.61 Å². The number of methoxy groups -OCH3 is 1. The van der Waals surface area contributed by atoms with Crippen LogP contribution >= 0.6 is 0 Å². The summed E-state index contributed by atoms with van der Waals surface area (Å²) in [6, 6.07) is 12.8. The van der Waals surface area contributed by atoms with Crippen molar-refractivity contribution in [2.45, 2.75) is 51.7 Å². The van der Waals surface area contributed by atoms with E-state index in [0.29, 0.717) is 23.0 Å². The van der Waals surface area contributed by atoms with Crippen molar-refractivity contribution in [3.8, 4) is 22.9 Å². The monoisotopic (exact) mass is 449 g/mol. The molecule has 1 heterocycles. The number of carbonyl (C=O) groups is 2. The number of rotatable bonds is 8. The van der Waals surface area contributed by atoms with E-state index in [1.807, 2.05) is 30.3 Å². The molecular weight excluding hydrogens is 422 g/mol. The standard InChI is InChI=1S/C25H27N3O5/c1-16-26-24(28-33-16)20-14-21(31-2)22(32-15-17-9-5-3-6-10-17)13-19(20)23(29)25(30)27-18-11-7-4-8-12-18/h3,5-6,9-10,13-14,18H,4,7-8,11-12,15H2,1-2H3,(H,27,30). The Bertz CT molecular complexity index is 1120. The number of aryl methyl sites for hydroxylation is 1. The summed E-state index contributed by atoms with van der Waals surface area (Å²) in [5, 5.41) is 6.82. The average Bonchev–Trinajstić information content (AvgIpc) is 3.29. The molecule has 0 atom stereocenters. The molecule has 8 nitrogen and oxygen atoms in total. The van der Waals surface area contributed by atoms with E-state index in [1.165, 1.54) is 13.2 Å². The number of carbonyl (C=O) groups excluding carboxylic acids is 2. The zero-order chi connectivity index (χ0) is 23.2. The molecule has 172 valence electrons. The third-order valence-corrected chi connectivity index (χ3v) is 5.70. The first-order chi connectivity index (χ1) is 16.0. The Hall–Kier alpha value is -3.68. The van der Waals surface area contributed by atoms with Crippen molar-refractivity contribution < 1.29 is 23.6 Å². The summed E-state index contributed by atoms with van der Waals surface area (Å²) in [5.74, 6) is -0.0350. The summed E-state index contributed by atoms with van der Waals surface area (Å²) in [5.41, 5.74) is 1.44. The van der Waals surface area contributed by atoms with Crippen LogP contribution in [-0.4, -0.2) is 35.0 Å². The highest BCUT2D eigenvalue weighted by Crippen LogP contribution is 2.36. The highest BCUT2D eigenvalue weighted by molar-refractivity contribution is 6.44. The molecule has 3 aromatic rings. The van der Waals surface area contributed by atoms with Gasteiger partial charge in [-0.1, -0.05) is 54.8 Å². The van der Waals surface area contributed by atoms with Gasteiger partial charge in [0.15, 0.2) is 11.5 Å². The molecule has 2 aromatic carbocycles. The second kappa shape index (κ2) is 10.3. The summed E-state index contributed by atoms with van der Waals surface area (Å²) in [6.45, 7) is 1.93. The fourth-order valence-corrected chi connectivity index (χ4v) is 3.97.